The molecule has 1 heterocycles. The maximum atomic E-state index is 11.7. The first kappa shape index (κ1) is 15.9. The third kappa shape index (κ3) is 3.98. The minimum atomic E-state index is -0.715. The van der Waals surface area contributed by atoms with E-state index in [9.17, 15) is 4.79 Å². The molecule has 21 heavy (non-hydrogen) atoms. The molecule has 0 saturated heterocycles. The number of hydrogen-bond acceptors (Lipinski definition) is 5. The minimum Gasteiger partial charge on any atom is -0.431 e. The molecular weight excluding hydrogens is 286 g/mol. The number of benzene rings is 1. The average molecular weight is 307 g/mol. The average Bonchev–Trinajstić information content (AvgIpc) is 2.80. The number of nitrogens with one attached hydrogen (secondary N) is 1. The minimum absolute atomic E-state index is 0.192. The van der Waals surface area contributed by atoms with Gasteiger partial charge >= 0.3 is 0 Å². The monoisotopic (exact) mass is 307 g/mol. The van der Waals surface area contributed by atoms with E-state index >= 15 is 0 Å². The maximum absolute atomic E-state index is 11.7. The Hall–Kier alpha value is -1.53. The Balaban J connectivity index is 1.97. The Bertz CT molecular complexity index is 593. The van der Waals surface area contributed by atoms with Gasteiger partial charge in [0.2, 0.25) is 5.91 Å². The normalized spacial score (nSPS) is 14.5. The number of aromatic nitrogens is 1. The molecule has 114 valence electrons. The van der Waals surface area contributed by atoms with Gasteiger partial charge in [0.15, 0.2) is 5.58 Å². The summed E-state index contributed by atoms with van der Waals surface area (Å²) in [5.41, 5.74) is 6.42. The third-order valence-electron chi connectivity index (χ3n) is 3.25. The predicted molar refractivity (Wildman–Crippen MR) is 85.2 cm³/mol. The number of hydrogen-bond donors (Lipinski definition) is 2. The Morgan fingerprint density at radius 1 is 1.48 bits per heavy atom. The van der Waals surface area contributed by atoms with Crippen molar-refractivity contribution in [2.75, 3.05) is 5.75 Å². The van der Waals surface area contributed by atoms with Crippen LogP contribution in [-0.2, 0) is 4.79 Å². The van der Waals surface area contributed by atoms with Crippen LogP contribution in [0, 0.1) is 0 Å². The predicted octanol–water partition coefficient (Wildman–Crippen LogP) is 2.55. The van der Waals surface area contributed by atoms with Crippen LogP contribution in [0.3, 0.4) is 0 Å². The lowest BCUT2D eigenvalue weighted by Crippen LogP contribution is -2.55. The molecular formula is C15H21N3O2S. The number of oxazole rings is 1. The Labute approximate surface area is 128 Å². The zero-order valence-corrected chi connectivity index (χ0v) is 13.4. The summed E-state index contributed by atoms with van der Waals surface area (Å²) in [5, 5.41) is 3.85. The summed E-state index contributed by atoms with van der Waals surface area (Å²) in [6.07, 6.45) is 0.615. The molecule has 0 aliphatic heterocycles. The van der Waals surface area contributed by atoms with Crippen LogP contribution in [0.25, 0.3) is 11.1 Å². The fourth-order valence-corrected chi connectivity index (χ4v) is 3.16. The standard InChI is InChI=1S/C15H21N3O2S/c1-10(2)18-15(3,13(16)19)8-9-21-14-17-11-6-4-5-7-12(11)20-14/h4-7,10,18H,8-9H2,1-3H3,(H2,16,19). The SMILES string of the molecule is CC(C)NC(C)(CCSc1nc2ccccc2o1)C(N)=O. The van der Waals surface area contributed by atoms with Gasteiger partial charge < -0.3 is 15.5 Å². The van der Waals surface area contributed by atoms with Crippen molar-refractivity contribution in [1.29, 1.82) is 0 Å². The summed E-state index contributed by atoms with van der Waals surface area (Å²) >= 11 is 1.49. The number of carbonyl (C=O) groups is 1. The van der Waals surface area contributed by atoms with Crippen LogP contribution < -0.4 is 11.1 Å². The summed E-state index contributed by atoms with van der Waals surface area (Å²) in [6, 6.07) is 7.84. The molecule has 1 aromatic carbocycles. The van der Waals surface area contributed by atoms with E-state index in [1.165, 1.54) is 11.8 Å². The van der Waals surface area contributed by atoms with Gasteiger partial charge in [0.05, 0.1) is 5.54 Å². The molecule has 2 rings (SSSR count). The van der Waals surface area contributed by atoms with Gasteiger partial charge in [0.25, 0.3) is 5.22 Å². The molecule has 0 spiro atoms. The maximum Gasteiger partial charge on any atom is 0.256 e. The van der Waals surface area contributed by atoms with Crippen LogP contribution in [0.4, 0.5) is 0 Å². The molecule has 0 radical (unpaired) electrons. The van der Waals surface area contributed by atoms with Crippen molar-refractivity contribution in [3.05, 3.63) is 24.3 Å². The second-order valence-corrected chi connectivity index (χ2v) is 6.59. The lowest BCUT2D eigenvalue weighted by Gasteiger charge is -2.29. The highest BCUT2D eigenvalue weighted by atomic mass is 32.2. The zero-order valence-electron chi connectivity index (χ0n) is 12.6. The van der Waals surface area contributed by atoms with Crippen LogP contribution in [0.2, 0.25) is 0 Å². The smallest absolute Gasteiger partial charge is 0.256 e. The first-order valence-electron chi connectivity index (χ1n) is 6.97. The molecule has 1 unspecified atom stereocenters. The van der Waals surface area contributed by atoms with Gasteiger partial charge in [0.1, 0.15) is 5.52 Å². The van der Waals surface area contributed by atoms with E-state index in [4.69, 9.17) is 10.2 Å². The summed E-state index contributed by atoms with van der Waals surface area (Å²) < 4.78 is 5.64. The molecule has 2 aromatic rings. The first-order valence-corrected chi connectivity index (χ1v) is 7.95. The molecule has 1 amide bonds. The number of primary amides is 1. The molecule has 6 heteroatoms. The highest BCUT2D eigenvalue weighted by Crippen LogP contribution is 2.25. The molecule has 0 saturated carbocycles. The zero-order chi connectivity index (χ0) is 15.5. The van der Waals surface area contributed by atoms with Gasteiger partial charge in [-0.15, -0.1) is 0 Å². The molecule has 0 bridgehead atoms. The third-order valence-corrected chi connectivity index (χ3v) is 4.08. The van der Waals surface area contributed by atoms with Crippen molar-refractivity contribution in [1.82, 2.24) is 10.3 Å². The van der Waals surface area contributed by atoms with Crippen LogP contribution >= 0.6 is 11.8 Å². The van der Waals surface area contributed by atoms with Gasteiger partial charge in [-0.2, -0.15) is 0 Å². The van der Waals surface area contributed by atoms with Gasteiger partial charge in [-0.1, -0.05) is 23.9 Å². The molecule has 5 nitrogen and oxygen atoms in total. The second-order valence-electron chi connectivity index (χ2n) is 5.54. The van der Waals surface area contributed by atoms with Crippen LogP contribution in [-0.4, -0.2) is 28.2 Å². The topological polar surface area (TPSA) is 81.2 Å². The number of fused-ring (bicyclic) bond motifs is 1. The second kappa shape index (κ2) is 6.49. The lowest BCUT2D eigenvalue weighted by atomic mass is 9.97. The van der Waals surface area contributed by atoms with Crippen LogP contribution in [0.5, 0.6) is 0 Å². The van der Waals surface area contributed by atoms with Crippen molar-refractivity contribution >= 4 is 28.8 Å². The molecule has 1 atom stereocenters. The van der Waals surface area contributed by atoms with Gasteiger partial charge in [0, 0.05) is 11.8 Å². The van der Waals surface area contributed by atoms with Gasteiger partial charge in [-0.05, 0) is 39.3 Å². The van der Waals surface area contributed by atoms with Crippen molar-refractivity contribution in [3.63, 3.8) is 0 Å². The van der Waals surface area contributed by atoms with E-state index in [0.29, 0.717) is 17.4 Å². The van der Waals surface area contributed by atoms with E-state index in [1.54, 1.807) is 0 Å². The fourth-order valence-electron chi connectivity index (χ4n) is 2.16. The van der Waals surface area contributed by atoms with E-state index < -0.39 is 5.54 Å². The first-order chi connectivity index (χ1) is 9.90. The van der Waals surface area contributed by atoms with Crippen molar-refractivity contribution < 1.29 is 9.21 Å². The number of thioether (sulfide) groups is 1. The largest absolute Gasteiger partial charge is 0.431 e. The molecule has 0 aliphatic rings. The van der Waals surface area contributed by atoms with E-state index in [2.05, 4.69) is 10.3 Å². The number of para-hydroxylation sites is 2. The Kier molecular flexibility index (Phi) is 4.90. The molecule has 3 N–H and O–H groups in total. The number of nitrogens with zero attached hydrogens (tertiary/aromatic N) is 1. The molecule has 0 fully saturated rings. The number of nitrogens with two attached hydrogens (primary N) is 1. The van der Waals surface area contributed by atoms with Crippen molar-refractivity contribution in [2.24, 2.45) is 5.73 Å². The quantitative estimate of drug-likeness (QED) is 0.768. The highest BCUT2D eigenvalue weighted by Gasteiger charge is 2.31. The Morgan fingerprint density at radius 3 is 2.81 bits per heavy atom. The lowest BCUT2D eigenvalue weighted by molar-refractivity contribution is -0.124. The fraction of sp³-hybridized carbons (Fsp3) is 0.467. The molecule has 0 aliphatic carbocycles. The molecule has 1 aromatic heterocycles. The highest BCUT2D eigenvalue weighted by molar-refractivity contribution is 7.99. The number of amides is 1. The van der Waals surface area contributed by atoms with Crippen molar-refractivity contribution in [2.45, 2.75) is 44.0 Å². The summed E-state index contributed by atoms with van der Waals surface area (Å²) in [5.74, 6) is 0.362. The van der Waals surface area contributed by atoms with E-state index in [-0.39, 0.29) is 11.9 Å². The summed E-state index contributed by atoms with van der Waals surface area (Å²) in [6.45, 7) is 5.83. The Morgan fingerprint density at radius 2 is 2.19 bits per heavy atom. The van der Waals surface area contributed by atoms with Crippen molar-refractivity contribution in [3.8, 4) is 0 Å². The van der Waals surface area contributed by atoms with E-state index in [0.717, 1.165) is 11.1 Å². The van der Waals surface area contributed by atoms with Crippen LogP contribution in [0.1, 0.15) is 27.2 Å². The van der Waals surface area contributed by atoms with Gasteiger partial charge in [-0.3, -0.25) is 4.79 Å². The van der Waals surface area contributed by atoms with E-state index in [1.807, 2.05) is 45.0 Å². The number of carbonyl (C=O) groups excluding carboxylic acids is 1. The summed E-state index contributed by atoms with van der Waals surface area (Å²) in [4.78, 5) is 16.0. The number of rotatable bonds is 7. The summed E-state index contributed by atoms with van der Waals surface area (Å²) in [7, 11) is 0. The van der Waals surface area contributed by atoms with Gasteiger partial charge in [-0.25, -0.2) is 4.98 Å². The van der Waals surface area contributed by atoms with Crippen LogP contribution in [0.15, 0.2) is 33.9 Å².